The van der Waals surface area contributed by atoms with Crippen molar-refractivity contribution >= 4 is 35.3 Å². The topological polar surface area (TPSA) is 59.1 Å². The van der Waals surface area contributed by atoms with E-state index in [0.717, 1.165) is 50.9 Å². The lowest BCUT2D eigenvalue weighted by molar-refractivity contribution is -0.147. The molecule has 6 nitrogen and oxygen atoms in total. The molecule has 2 heterocycles. The fourth-order valence-electron chi connectivity index (χ4n) is 4.11. The molecule has 2 saturated heterocycles. The summed E-state index contributed by atoms with van der Waals surface area (Å²) in [6, 6.07) is 5.14. The van der Waals surface area contributed by atoms with E-state index in [4.69, 9.17) is 32.7 Å². The molecule has 0 spiro atoms. The van der Waals surface area contributed by atoms with Crippen molar-refractivity contribution in [1.29, 1.82) is 0 Å². The fourth-order valence-corrected chi connectivity index (χ4v) is 4.68. The highest BCUT2D eigenvalue weighted by molar-refractivity contribution is 6.34. The second-order valence-corrected chi connectivity index (χ2v) is 8.73. The predicted octanol–water partition coefficient (Wildman–Crippen LogP) is 4.23. The first-order valence-corrected chi connectivity index (χ1v) is 10.9. The first-order valence-electron chi connectivity index (χ1n) is 10.1. The summed E-state index contributed by atoms with van der Waals surface area (Å²) < 4.78 is 10.3. The van der Waals surface area contributed by atoms with Crippen LogP contribution in [0.25, 0.3) is 0 Å². The number of halogens is 2. The van der Waals surface area contributed by atoms with Crippen LogP contribution in [0.15, 0.2) is 18.2 Å². The van der Waals surface area contributed by atoms with Crippen LogP contribution in [0.3, 0.4) is 0 Å². The van der Waals surface area contributed by atoms with Crippen LogP contribution in [-0.2, 0) is 20.9 Å². The van der Waals surface area contributed by atoms with Gasteiger partial charge >= 0.3 is 12.1 Å². The number of piperidine rings is 2. The Hall–Kier alpha value is -1.50. The lowest BCUT2D eigenvalue weighted by Crippen LogP contribution is -2.44. The number of nitrogens with zero attached hydrogens (tertiary/aromatic N) is 2. The number of esters is 1. The Bertz CT molecular complexity index is 694. The third-order valence-corrected chi connectivity index (χ3v) is 6.23. The Labute approximate surface area is 182 Å². The highest BCUT2D eigenvalue weighted by atomic mass is 35.5. The molecule has 0 bridgehead atoms. The summed E-state index contributed by atoms with van der Waals surface area (Å²) in [6.07, 6.45) is 3.37. The number of ether oxygens (including phenoxy) is 2. The second-order valence-electron chi connectivity index (χ2n) is 7.86. The van der Waals surface area contributed by atoms with Crippen molar-refractivity contribution in [1.82, 2.24) is 9.80 Å². The number of hydrogen-bond donors (Lipinski definition) is 0. The summed E-state index contributed by atoms with van der Waals surface area (Å²) in [5.41, 5.74) is 0.779. The number of benzene rings is 1. The zero-order valence-corrected chi connectivity index (χ0v) is 18.3. The van der Waals surface area contributed by atoms with Gasteiger partial charge in [-0.3, -0.25) is 4.79 Å². The van der Waals surface area contributed by atoms with Crippen molar-refractivity contribution in [3.05, 3.63) is 33.8 Å². The van der Waals surface area contributed by atoms with Gasteiger partial charge in [-0.1, -0.05) is 23.2 Å². The fraction of sp³-hybridized carbons (Fsp3) is 0.619. The smallest absolute Gasteiger partial charge is 0.410 e. The monoisotopic (exact) mass is 442 g/mol. The van der Waals surface area contributed by atoms with Crippen molar-refractivity contribution in [3.8, 4) is 0 Å². The molecule has 0 unspecified atom stereocenters. The quantitative estimate of drug-likeness (QED) is 0.638. The van der Waals surface area contributed by atoms with Crippen LogP contribution in [0.2, 0.25) is 10.0 Å². The van der Waals surface area contributed by atoms with E-state index in [2.05, 4.69) is 4.90 Å². The summed E-state index contributed by atoms with van der Waals surface area (Å²) >= 11 is 12.0. The first kappa shape index (κ1) is 22.2. The lowest BCUT2D eigenvalue weighted by atomic mass is 9.93. The minimum absolute atomic E-state index is 0.0437. The molecule has 1 aromatic carbocycles. The van der Waals surface area contributed by atoms with E-state index in [1.807, 2.05) is 0 Å². The summed E-state index contributed by atoms with van der Waals surface area (Å²) in [5, 5.41) is 1.06. The maximum absolute atomic E-state index is 12.3. The van der Waals surface area contributed by atoms with Crippen LogP contribution in [0.4, 0.5) is 4.79 Å². The summed E-state index contributed by atoms with van der Waals surface area (Å²) in [4.78, 5) is 28.2. The van der Waals surface area contributed by atoms with Gasteiger partial charge in [0.25, 0.3) is 0 Å². The van der Waals surface area contributed by atoms with E-state index in [9.17, 15) is 9.59 Å². The van der Waals surface area contributed by atoms with Gasteiger partial charge in [0.05, 0.1) is 13.0 Å². The lowest BCUT2D eigenvalue weighted by Gasteiger charge is -2.36. The van der Waals surface area contributed by atoms with Gasteiger partial charge in [0.1, 0.15) is 6.61 Å². The Kier molecular flexibility index (Phi) is 8.04. The van der Waals surface area contributed by atoms with Crippen LogP contribution in [0, 0.1) is 11.8 Å². The van der Waals surface area contributed by atoms with Crippen molar-refractivity contribution < 1.29 is 19.1 Å². The molecule has 29 heavy (non-hydrogen) atoms. The summed E-state index contributed by atoms with van der Waals surface area (Å²) in [7, 11) is 1.46. The number of rotatable bonds is 5. The Morgan fingerprint density at radius 3 is 2.21 bits per heavy atom. The maximum atomic E-state index is 12.3. The highest BCUT2D eigenvalue weighted by Gasteiger charge is 2.29. The molecule has 0 atom stereocenters. The third-order valence-electron chi connectivity index (χ3n) is 5.80. The Balaban J connectivity index is 1.37. The zero-order chi connectivity index (χ0) is 20.8. The summed E-state index contributed by atoms with van der Waals surface area (Å²) in [5.74, 6) is 0.527. The Morgan fingerprint density at radius 2 is 1.62 bits per heavy atom. The van der Waals surface area contributed by atoms with Gasteiger partial charge in [-0.2, -0.15) is 0 Å². The molecule has 160 valence electrons. The molecular weight excluding hydrogens is 415 g/mol. The SMILES string of the molecule is COC(=O)C1CCN(CC2CCN(C(=O)OCc3cc(Cl)cc(Cl)c3)CC2)CC1. The Morgan fingerprint density at radius 1 is 1.00 bits per heavy atom. The molecule has 0 aliphatic carbocycles. The summed E-state index contributed by atoms with van der Waals surface area (Å²) in [6.45, 7) is 4.47. The highest BCUT2D eigenvalue weighted by Crippen LogP contribution is 2.24. The van der Waals surface area contributed by atoms with Crippen molar-refractivity contribution in [3.63, 3.8) is 0 Å². The molecular formula is C21H28Cl2N2O4. The molecule has 2 aliphatic heterocycles. The van der Waals surface area contributed by atoms with Gasteiger partial charge in [0.2, 0.25) is 0 Å². The number of methoxy groups -OCH3 is 1. The standard InChI is InChI=1S/C21H28Cl2N2O4/c1-28-20(26)17-4-6-24(7-5-17)13-15-2-8-25(9-3-15)21(27)29-14-16-10-18(22)12-19(23)11-16/h10-12,15,17H,2-9,13-14H2,1H3. The van der Waals surface area contributed by atoms with Crippen LogP contribution >= 0.6 is 23.2 Å². The normalized spacial score (nSPS) is 19.2. The van der Waals surface area contributed by atoms with E-state index < -0.39 is 0 Å². The van der Waals surface area contributed by atoms with Crippen molar-refractivity contribution in [2.24, 2.45) is 11.8 Å². The molecule has 0 N–H and O–H groups in total. The number of carbonyl (C=O) groups is 2. The molecule has 0 saturated carbocycles. The molecule has 3 rings (SSSR count). The zero-order valence-electron chi connectivity index (χ0n) is 16.7. The molecule has 2 fully saturated rings. The van der Waals surface area contributed by atoms with Gasteiger partial charge in [-0.15, -0.1) is 0 Å². The van der Waals surface area contributed by atoms with Gasteiger partial charge in [-0.05, 0) is 68.5 Å². The molecule has 1 amide bonds. The average Bonchev–Trinajstić information content (AvgIpc) is 2.72. The largest absolute Gasteiger partial charge is 0.469 e. The van der Waals surface area contributed by atoms with E-state index in [0.29, 0.717) is 29.1 Å². The van der Waals surface area contributed by atoms with Crippen LogP contribution in [-0.4, -0.2) is 61.7 Å². The average molecular weight is 443 g/mol. The van der Waals surface area contributed by atoms with Gasteiger partial charge < -0.3 is 19.3 Å². The van der Waals surface area contributed by atoms with Crippen molar-refractivity contribution in [2.45, 2.75) is 32.3 Å². The second kappa shape index (κ2) is 10.5. The molecule has 1 aromatic rings. The van der Waals surface area contributed by atoms with E-state index in [-0.39, 0.29) is 24.6 Å². The van der Waals surface area contributed by atoms with Gasteiger partial charge in [0, 0.05) is 29.7 Å². The maximum Gasteiger partial charge on any atom is 0.410 e. The molecule has 0 radical (unpaired) electrons. The molecule has 2 aliphatic rings. The van der Waals surface area contributed by atoms with Crippen molar-refractivity contribution in [2.75, 3.05) is 39.8 Å². The number of likely N-dealkylation sites (tertiary alicyclic amines) is 2. The molecule has 8 heteroatoms. The van der Waals surface area contributed by atoms with Crippen LogP contribution in [0.1, 0.15) is 31.2 Å². The van der Waals surface area contributed by atoms with E-state index in [1.54, 1.807) is 23.1 Å². The van der Waals surface area contributed by atoms with Crippen LogP contribution < -0.4 is 0 Å². The number of amides is 1. The number of carbonyl (C=O) groups excluding carboxylic acids is 2. The third kappa shape index (κ3) is 6.49. The van der Waals surface area contributed by atoms with Gasteiger partial charge in [0.15, 0.2) is 0 Å². The predicted molar refractivity (Wildman–Crippen MR) is 112 cm³/mol. The minimum atomic E-state index is -0.293. The molecule has 0 aromatic heterocycles. The van der Waals surface area contributed by atoms with E-state index in [1.165, 1.54) is 7.11 Å². The number of hydrogen-bond acceptors (Lipinski definition) is 5. The first-order chi connectivity index (χ1) is 13.9. The minimum Gasteiger partial charge on any atom is -0.469 e. The van der Waals surface area contributed by atoms with Gasteiger partial charge in [-0.25, -0.2) is 4.79 Å². The van der Waals surface area contributed by atoms with Crippen LogP contribution in [0.5, 0.6) is 0 Å². The van der Waals surface area contributed by atoms with E-state index >= 15 is 0 Å².